The third-order valence-electron chi connectivity index (χ3n) is 1.08. The minimum absolute atomic E-state index is 0.486. The minimum Gasteiger partial charge on any atom is -0.320 e. The molecular formula is C6H16N3. The van der Waals surface area contributed by atoms with Gasteiger partial charge in [0.1, 0.15) is 0 Å². The largest absolute Gasteiger partial charge is 0.320 e. The highest BCUT2D eigenvalue weighted by molar-refractivity contribution is 4.48. The molecule has 0 amide bonds. The number of rotatable bonds is 6. The van der Waals surface area contributed by atoms with E-state index in [1.54, 1.807) is 0 Å². The normalized spacial score (nSPS) is 10.0. The van der Waals surface area contributed by atoms with Crippen LogP contribution in [0.4, 0.5) is 0 Å². The number of nitrogens with one attached hydrogen (secondary N) is 3. The van der Waals surface area contributed by atoms with Crippen molar-refractivity contribution < 1.29 is 0 Å². The molecule has 0 bridgehead atoms. The van der Waals surface area contributed by atoms with Gasteiger partial charge in [-0.1, -0.05) is 0 Å². The van der Waals surface area contributed by atoms with Crippen molar-refractivity contribution >= 4 is 0 Å². The van der Waals surface area contributed by atoms with Crippen LogP contribution in [-0.2, 0) is 0 Å². The van der Waals surface area contributed by atoms with Crippen LogP contribution in [0.3, 0.4) is 0 Å². The number of hydrogen-bond acceptors (Lipinski definition) is 2. The zero-order chi connectivity index (χ0) is 6.95. The van der Waals surface area contributed by atoms with Gasteiger partial charge in [0.25, 0.3) is 0 Å². The maximum atomic E-state index is 6.80. The highest BCUT2D eigenvalue weighted by atomic mass is 14.9. The van der Waals surface area contributed by atoms with E-state index in [0.29, 0.717) is 6.54 Å². The highest BCUT2D eigenvalue weighted by Crippen LogP contribution is 1.69. The van der Waals surface area contributed by atoms with Gasteiger partial charge in [-0.2, -0.15) is 0 Å². The van der Waals surface area contributed by atoms with Crippen molar-refractivity contribution in [2.75, 3.05) is 33.2 Å². The Bertz CT molecular complexity index is 41.6. The molecule has 1 radical (unpaired) electrons. The zero-order valence-corrected chi connectivity index (χ0v) is 6.04. The highest BCUT2D eigenvalue weighted by Gasteiger charge is 1.83. The van der Waals surface area contributed by atoms with E-state index in [2.05, 4.69) is 10.6 Å². The minimum atomic E-state index is 0.486. The molecule has 0 unspecified atom stereocenters. The molecule has 0 aliphatic carbocycles. The first-order chi connectivity index (χ1) is 4.41. The Morgan fingerprint density at radius 3 is 2.56 bits per heavy atom. The van der Waals surface area contributed by atoms with Gasteiger partial charge in [0, 0.05) is 13.1 Å². The molecule has 0 fully saturated rings. The van der Waals surface area contributed by atoms with Gasteiger partial charge in [0.15, 0.2) is 0 Å². The van der Waals surface area contributed by atoms with Crippen LogP contribution >= 0.6 is 0 Å². The Labute approximate surface area is 57.0 Å². The van der Waals surface area contributed by atoms with E-state index in [4.69, 9.17) is 5.73 Å². The molecule has 0 heterocycles. The van der Waals surface area contributed by atoms with E-state index in [1.807, 2.05) is 7.05 Å². The number of hydrogen-bond donors (Lipinski definition) is 2. The Hall–Kier alpha value is -0.120. The standard InChI is InChI=1S/C6H16N3/c1-8-4-2-5-9-6-3-7/h7-9H,2-6H2,1H3. The first-order valence-electron chi connectivity index (χ1n) is 3.41. The summed E-state index contributed by atoms with van der Waals surface area (Å²) in [5.74, 6) is 0. The van der Waals surface area contributed by atoms with Crippen molar-refractivity contribution in [1.82, 2.24) is 16.4 Å². The summed E-state index contributed by atoms with van der Waals surface area (Å²) in [6.45, 7) is 3.40. The maximum Gasteiger partial charge on any atom is 0.0225 e. The SMILES string of the molecule is CNCCCNCC[NH]. The molecule has 0 aliphatic rings. The summed E-state index contributed by atoms with van der Waals surface area (Å²) in [6, 6.07) is 0. The lowest BCUT2D eigenvalue weighted by molar-refractivity contribution is 0.626. The van der Waals surface area contributed by atoms with Crippen molar-refractivity contribution in [1.29, 1.82) is 0 Å². The van der Waals surface area contributed by atoms with Gasteiger partial charge in [0.05, 0.1) is 0 Å². The van der Waals surface area contributed by atoms with Gasteiger partial charge in [-0.3, -0.25) is 5.73 Å². The van der Waals surface area contributed by atoms with Crippen molar-refractivity contribution in [3.8, 4) is 0 Å². The smallest absolute Gasteiger partial charge is 0.0225 e. The molecule has 0 atom stereocenters. The Morgan fingerprint density at radius 2 is 2.00 bits per heavy atom. The molecule has 0 saturated heterocycles. The summed E-state index contributed by atoms with van der Waals surface area (Å²) in [5.41, 5.74) is 6.80. The van der Waals surface area contributed by atoms with Crippen LogP contribution in [0.15, 0.2) is 0 Å². The fourth-order valence-corrected chi connectivity index (χ4v) is 0.604. The van der Waals surface area contributed by atoms with Crippen LogP contribution in [0.2, 0.25) is 0 Å². The topological polar surface area (TPSA) is 47.9 Å². The summed E-state index contributed by atoms with van der Waals surface area (Å²) in [6.07, 6.45) is 1.15. The summed E-state index contributed by atoms with van der Waals surface area (Å²) < 4.78 is 0. The molecule has 0 aliphatic heterocycles. The second kappa shape index (κ2) is 7.88. The summed E-state index contributed by atoms with van der Waals surface area (Å²) in [5, 5.41) is 6.20. The fraction of sp³-hybridized carbons (Fsp3) is 1.00. The molecular weight excluding hydrogens is 114 g/mol. The molecule has 0 aromatic heterocycles. The molecule has 55 valence electrons. The molecule has 3 N–H and O–H groups in total. The van der Waals surface area contributed by atoms with Crippen LogP contribution in [-0.4, -0.2) is 33.2 Å². The quantitative estimate of drug-likeness (QED) is 0.475. The van der Waals surface area contributed by atoms with Gasteiger partial charge in [0.2, 0.25) is 0 Å². The summed E-state index contributed by atoms with van der Waals surface area (Å²) in [4.78, 5) is 0. The molecule has 3 heteroatoms. The average molecular weight is 130 g/mol. The van der Waals surface area contributed by atoms with Crippen molar-refractivity contribution in [3.05, 3.63) is 0 Å². The Balaban J connectivity index is 2.60. The van der Waals surface area contributed by atoms with Gasteiger partial charge >= 0.3 is 0 Å². The van der Waals surface area contributed by atoms with E-state index >= 15 is 0 Å². The van der Waals surface area contributed by atoms with Gasteiger partial charge in [-0.25, -0.2) is 0 Å². The van der Waals surface area contributed by atoms with Crippen molar-refractivity contribution in [3.63, 3.8) is 0 Å². The van der Waals surface area contributed by atoms with Gasteiger partial charge in [-0.05, 0) is 26.6 Å². The molecule has 3 nitrogen and oxygen atoms in total. The first-order valence-corrected chi connectivity index (χ1v) is 3.41. The molecule has 0 spiro atoms. The van der Waals surface area contributed by atoms with E-state index in [9.17, 15) is 0 Å². The summed E-state index contributed by atoms with van der Waals surface area (Å²) in [7, 11) is 1.95. The van der Waals surface area contributed by atoms with Crippen LogP contribution in [0.1, 0.15) is 6.42 Å². The predicted octanol–water partition coefficient (Wildman–Crippen LogP) is -0.532. The molecule has 0 rings (SSSR count). The second-order valence-electron chi connectivity index (χ2n) is 1.96. The van der Waals surface area contributed by atoms with E-state index in [0.717, 1.165) is 26.1 Å². The molecule has 0 saturated carbocycles. The summed E-state index contributed by atoms with van der Waals surface area (Å²) >= 11 is 0. The van der Waals surface area contributed by atoms with E-state index in [-0.39, 0.29) is 0 Å². The van der Waals surface area contributed by atoms with Crippen molar-refractivity contribution in [2.24, 2.45) is 0 Å². The first kappa shape index (κ1) is 8.88. The lowest BCUT2D eigenvalue weighted by Crippen LogP contribution is -2.22. The van der Waals surface area contributed by atoms with Crippen LogP contribution in [0.5, 0.6) is 0 Å². The Morgan fingerprint density at radius 1 is 1.22 bits per heavy atom. The zero-order valence-electron chi connectivity index (χ0n) is 6.04. The van der Waals surface area contributed by atoms with Gasteiger partial charge < -0.3 is 10.6 Å². The van der Waals surface area contributed by atoms with E-state index in [1.165, 1.54) is 0 Å². The maximum absolute atomic E-state index is 6.80. The van der Waals surface area contributed by atoms with E-state index < -0.39 is 0 Å². The van der Waals surface area contributed by atoms with Crippen LogP contribution in [0.25, 0.3) is 0 Å². The lowest BCUT2D eigenvalue weighted by atomic mass is 10.4. The third-order valence-corrected chi connectivity index (χ3v) is 1.08. The van der Waals surface area contributed by atoms with Gasteiger partial charge in [-0.15, -0.1) is 0 Å². The van der Waals surface area contributed by atoms with Crippen molar-refractivity contribution in [2.45, 2.75) is 6.42 Å². The molecule has 0 aromatic rings. The predicted molar refractivity (Wildman–Crippen MR) is 39.4 cm³/mol. The monoisotopic (exact) mass is 130 g/mol. The second-order valence-corrected chi connectivity index (χ2v) is 1.96. The fourth-order valence-electron chi connectivity index (χ4n) is 0.604. The van der Waals surface area contributed by atoms with Crippen LogP contribution in [0, 0.1) is 0 Å². The Kier molecular flexibility index (Phi) is 7.77. The lowest BCUT2D eigenvalue weighted by Gasteiger charge is -2.00. The molecule has 0 aromatic carbocycles. The van der Waals surface area contributed by atoms with Crippen LogP contribution < -0.4 is 16.4 Å². The third kappa shape index (κ3) is 7.88. The average Bonchev–Trinajstić information content (AvgIpc) is 1.89. The molecule has 9 heavy (non-hydrogen) atoms.